The molecule has 5 nitrogen and oxygen atoms in total. The summed E-state index contributed by atoms with van der Waals surface area (Å²) >= 11 is 0. The molecule has 0 amide bonds. The van der Waals surface area contributed by atoms with E-state index in [4.69, 9.17) is 4.99 Å². The number of hydrogen-bond donors (Lipinski definition) is 1. The van der Waals surface area contributed by atoms with Gasteiger partial charge in [0.2, 0.25) is 10.0 Å². The van der Waals surface area contributed by atoms with E-state index in [1.165, 1.54) is 16.7 Å². The van der Waals surface area contributed by atoms with Crippen LogP contribution in [0.1, 0.15) is 28.3 Å². The summed E-state index contributed by atoms with van der Waals surface area (Å²) in [4.78, 5) is 7.38. The van der Waals surface area contributed by atoms with Crippen molar-refractivity contribution in [3.8, 4) is 0 Å². The zero-order valence-corrected chi connectivity index (χ0v) is 17.9. The molecule has 154 valence electrons. The van der Waals surface area contributed by atoms with Gasteiger partial charge in [0.1, 0.15) is 11.9 Å². The fourth-order valence-electron chi connectivity index (χ4n) is 3.77. The summed E-state index contributed by atoms with van der Waals surface area (Å²) in [7, 11) is -1.21. The minimum absolute atomic E-state index is 0.0477. The number of sulfonamides is 1. The number of amidine groups is 1. The summed E-state index contributed by atoms with van der Waals surface area (Å²) < 4.78 is 25.4. The largest absolute Gasteiger partial charge is 0.359 e. The van der Waals surface area contributed by atoms with Crippen molar-refractivity contribution in [2.45, 2.75) is 19.0 Å². The van der Waals surface area contributed by atoms with Gasteiger partial charge >= 0.3 is 0 Å². The van der Waals surface area contributed by atoms with Crippen molar-refractivity contribution in [1.29, 1.82) is 0 Å². The number of anilines is 1. The van der Waals surface area contributed by atoms with Crippen molar-refractivity contribution in [3.05, 3.63) is 101 Å². The Hall–Kier alpha value is -3.12. The number of fused-ring (bicyclic) bond motifs is 1. The fourth-order valence-corrected chi connectivity index (χ4v) is 4.33. The van der Waals surface area contributed by atoms with E-state index in [1.54, 1.807) is 12.1 Å². The molecule has 0 bridgehead atoms. The van der Waals surface area contributed by atoms with Gasteiger partial charge < -0.3 is 4.90 Å². The first-order chi connectivity index (χ1) is 14.4. The van der Waals surface area contributed by atoms with Gasteiger partial charge in [-0.1, -0.05) is 66.7 Å². The highest BCUT2D eigenvalue weighted by Crippen LogP contribution is 2.32. The Labute approximate surface area is 178 Å². The minimum Gasteiger partial charge on any atom is -0.359 e. The molecule has 1 N–H and O–H groups in total. The standard InChI is InChI=1S/C24H25N3O2S/c1-27-17-20-10-6-7-11-22(20)24(19-8-4-3-5-9-19)25-23(27)16-18-12-14-21(15-13-18)26-30(2,28)29/h3-15,24,26H,16-17H2,1-2H3. The number of hydrogen-bond acceptors (Lipinski definition) is 4. The van der Waals surface area contributed by atoms with Crippen LogP contribution in [0.5, 0.6) is 0 Å². The predicted octanol–water partition coefficient (Wildman–Crippen LogP) is 4.23. The molecule has 1 heterocycles. The molecule has 1 unspecified atom stereocenters. The number of benzene rings is 3. The normalized spacial score (nSPS) is 16.4. The zero-order chi connectivity index (χ0) is 21.1. The van der Waals surface area contributed by atoms with Gasteiger partial charge in [0.15, 0.2) is 0 Å². The number of likely N-dealkylation sites (N-methyl/N-ethyl adjacent to an activating group) is 1. The van der Waals surface area contributed by atoms with E-state index >= 15 is 0 Å². The molecule has 1 aliphatic heterocycles. The van der Waals surface area contributed by atoms with Crippen LogP contribution < -0.4 is 4.72 Å². The lowest BCUT2D eigenvalue weighted by molar-refractivity contribution is 0.494. The number of rotatable bonds is 5. The molecule has 0 fully saturated rings. The molecule has 6 heteroatoms. The summed E-state index contributed by atoms with van der Waals surface area (Å²) in [5, 5.41) is 0. The van der Waals surface area contributed by atoms with Gasteiger partial charge in [-0.3, -0.25) is 9.71 Å². The Morgan fingerprint density at radius 3 is 2.33 bits per heavy atom. The summed E-state index contributed by atoms with van der Waals surface area (Å²) in [6.45, 7) is 0.798. The lowest BCUT2D eigenvalue weighted by Crippen LogP contribution is -2.27. The second-order valence-corrected chi connectivity index (χ2v) is 9.41. The van der Waals surface area contributed by atoms with Crippen LogP contribution in [-0.2, 0) is 23.0 Å². The van der Waals surface area contributed by atoms with Crippen molar-refractivity contribution in [2.24, 2.45) is 4.99 Å². The van der Waals surface area contributed by atoms with Crippen molar-refractivity contribution >= 4 is 21.5 Å². The van der Waals surface area contributed by atoms with Crippen LogP contribution in [0.3, 0.4) is 0 Å². The lowest BCUT2D eigenvalue weighted by atomic mass is 9.95. The Morgan fingerprint density at radius 1 is 0.967 bits per heavy atom. The van der Waals surface area contributed by atoms with Gasteiger partial charge in [0, 0.05) is 25.7 Å². The average Bonchev–Trinajstić information content (AvgIpc) is 2.85. The summed E-state index contributed by atoms with van der Waals surface area (Å²) in [5.74, 6) is 1.00. The van der Waals surface area contributed by atoms with Crippen molar-refractivity contribution in [1.82, 2.24) is 4.90 Å². The van der Waals surface area contributed by atoms with Crippen molar-refractivity contribution in [2.75, 3.05) is 18.0 Å². The third-order valence-electron chi connectivity index (χ3n) is 5.21. The maximum Gasteiger partial charge on any atom is 0.229 e. The monoisotopic (exact) mass is 419 g/mol. The highest BCUT2D eigenvalue weighted by atomic mass is 32.2. The smallest absolute Gasteiger partial charge is 0.229 e. The lowest BCUT2D eigenvalue weighted by Gasteiger charge is -2.20. The molecule has 1 aliphatic rings. The highest BCUT2D eigenvalue weighted by Gasteiger charge is 2.23. The highest BCUT2D eigenvalue weighted by molar-refractivity contribution is 7.92. The van der Waals surface area contributed by atoms with E-state index in [9.17, 15) is 8.42 Å². The number of aliphatic imine (C=N–C) groups is 1. The van der Waals surface area contributed by atoms with Crippen molar-refractivity contribution in [3.63, 3.8) is 0 Å². The molecule has 4 rings (SSSR count). The van der Waals surface area contributed by atoms with Crippen LogP contribution in [0, 0.1) is 0 Å². The van der Waals surface area contributed by atoms with E-state index in [-0.39, 0.29) is 6.04 Å². The third-order valence-corrected chi connectivity index (χ3v) is 5.82. The molecule has 0 aliphatic carbocycles. The average molecular weight is 420 g/mol. The van der Waals surface area contributed by atoms with Gasteiger partial charge in [-0.2, -0.15) is 0 Å². The van der Waals surface area contributed by atoms with Crippen LogP contribution in [0.4, 0.5) is 5.69 Å². The van der Waals surface area contributed by atoms with E-state index in [1.807, 2.05) is 18.2 Å². The van der Waals surface area contributed by atoms with E-state index in [0.29, 0.717) is 12.1 Å². The summed E-state index contributed by atoms with van der Waals surface area (Å²) in [5.41, 5.74) is 5.33. The molecular formula is C24H25N3O2S. The van der Waals surface area contributed by atoms with E-state index < -0.39 is 10.0 Å². The summed E-state index contributed by atoms with van der Waals surface area (Å²) in [6.07, 6.45) is 1.82. The molecule has 0 aromatic heterocycles. The number of nitrogens with zero attached hydrogens (tertiary/aromatic N) is 2. The molecule has 3 aromatic rings. The Kier molecular flexibility index (Phi) is 5.59. The Balaban J connectivity index is 1.66. The number of nitrogens with one attached hydrogen (secondary N) is 1. The molecule has 1 atom stereocenters. The van der Waals surface area contributed by atoms with Crippen LogP contribution in [0.15, 0.2) is 83.9 Å². The van der Waals surface area contributed by atoms with Crippen LogP contribution in [0.25, 0.3) is 0 Å². The fraction of sp³-hybridized carbons (Fsp3) is 0.208. The maximum atomic E-state index is 11.4. The first kappa shape index (κ1) is 20.2. The zero-order valence-electron chi connectivity index (χ0n) is 17.1. The van der Waals surface area contributed by atoms with Gasteiger partial charge in [-0.05, 0) is 34.4 Å². The SMILES string of the molecule is CN1Cc2ccccc2C(c2ccccc2)N=C1Cc1ccc(NS(C)(=O)=O)cc1. The van der Waals surface area contributed by atoms with E-state index in [2.05, 4.69) is 65.2 Å². The Bertz CT molecular complexity index is 1160. The van der Waals surface area contributed by atoms with E-state index in [0.717, 1.165) is 24.2 Å². The Morgan fingerprint density at radius 2 is 1.63 bits per heavy atom. The molecule has 0 saturated heterocycles. The predicted molar refractivity (Wildman–Crippen MR) is 122 cm³/mol. The second-order valence-electron chi connectivity index (χ2n) is 7.66. The molecule has 30 heavy (non-hydrogen) atoms. The molecule has 3 aromatic carbocycles. The summed E-state index contributed by atoms with van der Waals surface area (Å²) in [6, 6.07) is 26.3. The van der Waals surface area contributed by atoms with Gasteiger partial charge in [0.25, 0.3) is 0 Å². The first-order valence-electron chi connectivity index (χ1n) is 9.86. The molecule has 0 radical (unpaired) electrons. The maximum absolute atomic E-state index is 11.4. The first-order valence-corrected chi connectivity index (χ1v) is 11.8. The molecule has 0 spiro atoms. The quantitative estimate of drug-likeness (QED) is 0.673. The van der Waals surface area contributed by atoms with Gasteiger partial charge in [-0.25, -0.2) is 8.42 Å². The third kappa shape index (κ3) is 4.71. The van der Waals surface area contributed by atoms with Crippen LogP contribution in [0.2, 0.25) is 0 Å². The molecule has 0 saturated carbocycles. The van der Waals surface area contributed by atoms with Gasteiger partial charge in [0.05, 0.1) is 6.26 Å². The van der Waals surface area contributed by atoms with Gasteiger partial charge in [-0.15, -0.1) is 0 Å². The topological polar surface area (TPSA) is 61.8 Å². The minimum atomic E-state index is -3.28. The second kappa shape index (κ2) is 8.32. The van der Waals surface area contributed by atoms with Crippen LogP contribution in [-0.4, -0.2) is 32.5 Å². The molecular weight excluding hydrogens is 394 g/mol. The van der Waals surface area contributed by atoms with Crippen molar-refractivity contribution < 1.29 is 8.42 Å². The van der Waals surface area contributed by atoms with Crippen LogP contribution >= 0.6 is 0 Å².